The zero-order valence-electron chi connectivity index (χ0n) is 14.8. The molecule has 1 aromatic carbocycles. The molecule has 1 fully saturated rings. The number of carbonyl (C=O) groups excluding carboxylic acids is 3. The number of benzene rings is 1. The molecule has 0 aromatic heterocycles. The summed E-state index contributed by atoms with van der Waals surface area (Å²) >= 11 is 0. The van der Waals surface area contributed by atoms with Gasteiger partial charge in [0.05, 0.1) is 26.9 Å². The molecule has 1 saturated heterocycles. The molecule has 1 aromatic rings. The second-order valence-corrected chi connectivity index (χ2v) is 5.70. The van der Waals surface area contributed by atoms with Gasteiger partial charge in [-0.1, -0.05) is 0 Å². The SMILES string of the molecule is COc1ccc(C(=O)OCC(=O)N(C)CC(=O)N2CCOCC2)c(O)c1. The lowest BCUT2D eigenvalue weighted by Crippen LogP contribution is -2.46. The van der Waals surface area contributed by atoms with Gasteiger partial charge in [0, 0.05) is 26.2 Å². The Kier molecular flexibility index (Phi) is 6.79. The highest BCUT2D eigenvalue weighted by molar-refractivity contribution is 5.94. The molecule has 0 unspecified atom stereocenters. The maximum atomic E-state index is 12.1. The Bertz CT molecular complexity index is 671. The van der Waals surface area contributed by atoms with Gasteiger partial charge in [-0.05, 0) is 12.1 Å². The first-order chi connectivity index (χ1) is 12.4. The number of hydrogen-bond acceptors (Lipinski definition) is 7. The molecular formula is C17H22N2O7. The molecule has 1 heterocycles. The van der Waals surface area contributed by atoms with Crippen molar-refractivity contribution in [3.05, 3.63) is 23.8 Å². The largest absolute Gasteiger partial charge is 0.507 e. The minimum Gasteiger partial charge on any atom is -0.507 e. The summed E-state index contributed by atoms with van der Waals surface area (Å²) in [4.78, 5) is 38.9. The number of phenols is 1. The molecule has 9 nitrogen and oxygen atoms in total. The third kappa shape index (κ3) is 5.09. The second kappa shape index (κ2) is 9.04. The van der Waals surface area contributed by atoms with Crippen LogP contribution in [0.4, 0.5) is 0 Å². The van der Waals surface area contributed by atoms with Crippen molar-refractivity contribution in [3.8, 4) is 11.5 Å². The topological polar surface area (TPSA) is 106 Å². The third-order valence-corrected chi connectivity index (χ3v) is 3.91. The fourth-order valence-electron chi connectivity index (χ4n) is 2.33. The number of methoxy groups -OCH3 is 1. The van der Waals surface area contributed by atoms with Crippen LogP contribution in [-0.2, 0) is 19.1 Å². The molecule has 1 N–H and O–H groups in total. The van der Waals surface area contributed by atoms with Crippen LogP contribution in [-0.4, -0.2) is 86.3 Å². The van der Waals surface area contributed by atoms with Crippen LogP contribution in [0.25, 0.3) is 0 Å². The van der Waals surface area contributed by atoms with Gasteiger partial charge in [0.15, 0.2) is 6.61 Å². The lowest BCUT2D eigenvalue weighted by molar-refractivity contribution is -0.143. The zero-order chi connectivity index (χ0) is 19.1. The number of carbonyl (C=O) groups is 3. The van der Waals surface area contributed by atoms with Gasteiger partial charge in [-0.15, -0.1) is 0 Å². The molecule has 0 atom stereocenters. The molecule has 0 aliphatic carbocycles. The van der Waals surface area contributed by atoms with E-state index in [4.69, 9.17) is 14.2 Å². The van der Waals surface area contributed by atoms with Crippen LogP contribution < -0.4 is 4.74 Å². The number of morpholine rings is 1. The maximum absolute atomic E-state index is 12.1. The van der Waals surface area contributed by atoms with E-state index in [1.165, 1.54) is 37.3 Å². The number of nitrogens with zero attached hydrogens (tertiary/aromatic N) is 2. The monoisotopic (exact) mass is 366 g/mol. The van der Waals surface area contributed by atoms with Crippen LogP contribution in [0, 0.1) is 0 Å². The fraction of sp³-hybridized carbons (Fsp3) is 0.471. The maximum Gasteiger partial charge on any atom is 0.342 e. The van der Waals surface area contributed by atoms with Gasteiger partial charge < -0.3 is 29.1 Å². The number of likely N-dealkylation sites (N-methyl/N-ethyl adjacent to an activating group) is 1. The summed E-state index contributed by atoms with van der Waals surface area (Å²) in [6.07, 6.45) is 0. The first-order valence-electron chi connectivity index (χ1n) is 8.06. The van der Waals surface area contributed by atoms with E-state index < -0.39 is 18.5 Å². The highest BCUT2D eigenvalue weighted by atomic mass is 16.5. The average molecular weight is 366 g/mol. The molecular weight excluding hydrogens is 344 g/mol. The summed E-state index contributed by atoms with van der Waals surface area (Å²) < 4.78 is 15.0. The van der Waals surface area contributed by atoms with Crippen LogP contribution in [0.5, 0.6) is 11.5 Å². The Balaban J connectivity index is 1.83. The van der Waals surface area contributed by atoms with Gasteiger partial charge in [0.2, 0.25) is 5.91 Å². The number of phenolic OH excluding ortho intramolecular Hbond substituents is 1. The van der Waals surface area contributed by atoms with E-state index in [1.807, 2.05) is 0 Å². The summed E-state index contributed by atoms with van der Waals surface area (Å²) in [5, 5.41) is 9.79. The highest BCUT2D eigenvalue weighted by Gasteiger charge is 2.22. The number of amides is 2. The number of rotatable bonds is 6. The molecule has 9 heteroatoms. The van der Waals surface area contributed by atoms with Crippen molar-refractivity contribution in [2.75, 3.05) is 53.6 Å². The van der Waals surface area contributed by atoms with Crippen LogP contribution in [0.15, 0.2) is 18.2 Å². The Morgan fingerprint density at radius 2 is 1.96 bits per heavy atom. The Morgan fingerprint density at radius 3 is 2.58 bits per heavy atom. The lowest BCUT2D eigenvalue weighted by Gasteiger charge is -2.28. The van der Waals surface area contributed by atoms with Crippen molar-refractivity contribution in [2.24, 2.45) is 0 Å². The van der Waals surface area contributed by atoms with Gasteiger partial charge in [-0.2, -0.15) is 0 Å². The quantitative estimate of drug-likeness (QED) is 0.700. The Labute approximate surface area is 151 Å². The summed E-state index contributed by atoms with van der Waals surface area (Å²) in [5.41, 5.74) is -0.0781. The van der Waals surface area contributed by atoms with Gasteiger partial charge in [0.1, 0.15) is 17.1 Å². The average Bonchev–Trinajstić information content (AvgIpc) is 2.66. The Hall–Kier alpha value is -2.81. The van der Waals surface area contributed by atoms with Gasteiger partial charge in [-0.3, -0.25) is 9.59 Å². The van der Waals surface area contributed by atoms with Crippen molar-refractivity contribution in [3.63, 3.8) is 0 Å². The van der Waals surface area contributed by atoms with E-state index in [9.17, 15) is 19.5 Å². The fourth-order valence-corrected chi connectivity index (χ4v) is 2.33. The molecule has 1 aliphatic rings. The van der Waals surface area contributed by atoms with Crippen molar-refractivity contribution in [1.29, 1.82) is 0 Å². The van der Waals surface area contributed by atoms with Gasteiger partial charge >= 0.3 is 5.97 Å². The van der Waals surface area contributed by atoms with Gasteiger partial charge in [0.25, 0.3) is 5.91 Å². The first kappa shape index (κ1) is 19.5. The number of hydrogen-bond donors (Lipinski definition) is 1. The van der Waals surface area contributed by atoms with Crippen LogP contribution in [0.2, 0.25) is 0 Å². The molecule has 142 valence electrons. The molecule has 0 spiro atoms. The van der Waals surface area contributed by atoms with E-state index in [0.717, 1.165) is 0 Å². The predicted octanol–water partition coefficient (Wildman–Crippen LogP) is -0.125. The summed E-state index contributed by atoms with van der Waals surface area (Å²) in [6, 6.07) is 4.10. The van der Waals surface area contributed by atoms with Crippen molar-refractivity contribution >= 4 is 17.8 Å². The molecule has 0 bridgehead atoms. The standard InChI is InChI=1S/C17H22N2O7/c1-18(10-15(21)19-5-7-25-8-6-19)16(22)11-26-17(23)13-4-3-12(24-2)9-14(13)20/h3-4,9,20H,5-8,10-11H2,1-2H3. The highest BCUT2D eigenvalue weighted by Crippen LogP contribution is 2.23. The summed E-state index contributed by atoms with van der Waals surface area (Å²) in [5.74, 6) is -1.48. The van der Waals surface area contributed by atoms with E-state index >= 15 is 0 Å². The molecule has 26 heavy (non-hydrogen) atoms. The van der Waals surface area contributed by atoms with Crippen LogP contribution in [0.3, 0.4) is 0 Å². The number of esters is 1. The normalized spacial score (nSPS) is 13.8. The van der Waals surface area contributed by atoms with Crippen molar-refractivity contribution < 1.29 is 33.7 Å². The smallest absolute Gasteiger partial charge is 0.342 e. The minimum absolute atomic E-state index is 0.0781. The lowest BCUT2D eigenvalue weighted by atomic mass is 10.2. The molecule has 2 rings (SSSR count). The van der Waals surface area contributed by atoms with Crippen LogP contribution >= 0.6 is 0 Å². The van der Waals surface area contributed by atoms with Crippen molar-refractivity contribution in [2.45, 2.75) is 0 Å². The predicted molar refractivity (Wildman–Crippen MR) is 90.0 cm³/mol. The molecule has 1 aliphatic heterocycles. The number of ether oxygens (including phenoxy) is 3. The summed E-state index contributed by atoms with van der Waals surface area (Å²) in [6.45, 7) is 1.30. The van der Waals surface area contributed by atoms with Crippen LogP contribution in [0.1, 0.15) is 10.4 Å². The van der Waals surface area contributed by atoms with Crippen molar-refractivity contribution in [1.82, 2.24) is 9.80 Å². The molecule has 2 amide bonds. The third-order valence-electron chi connectivity index (χ3n) is 3.91. The molecule has 0 saturated carbocycles. The second-order valence-electron chi connectivity index (χ2n) is 5.70. The molecule has 0 radical (unpaired) electrons. The van der Waals surface area contributed by atoms with Gasteiger partial charge in [-0.25, -0.2) is 4.79 Å². The van der Waals surface area contributed by atoms with E-state index in [2.05, 4.69) is 0 Å². The summed E-state index contributed by atoms with van der Waals surface area (Å²) in [7, 11) is 2.89. The minimum atomic E-state index is -0.841. The zero-order valence-corrected chi connectivity index (χ0v) is 14.8. The van der Waals surface area contributed by atoms with E-state index in [1.54, 1.807) is 4.90 Å². The number of aromatic hydroxyl groups is 1. The van der Waals surface area contributed by atoms with E-state index in [0.29, 0.717) is 32.1 Å². The van der Waals surface area contributed by atoms with E-state index in [-0.39, 0.29) is 23.8 Å². The Morgan fingerprint density at radius 1 is 1.27 bits per heavy atom. The first-order valence-corrected chi connectivity index (χ1v) is 8.06.